The second-order valence-corrected chi connectivity index (χ2v) is 5.98. The Kier molecular flexibility index (Phi) is 4.69. The summed E-state index contributed by atoms with van der Waals surface area (Å²) in [5.41, 5.74) is -0.0942. The van der Waals surface area contributed by atoms with Gasteiger partial charge in [0.25, 0.3) is 0 Å². The zero-order valence-electron chi connectivity index (χ0n) is 11.5. The zero-order chi connectivity index (χ0) is 13.9. The van der Waals surface area contributed by atoms with Gasteiger partial charge in [-0.25, -0.2) is 4.39 Å². The molecule has 2 nitrogen and oxygen atoms in total. The van der Waals surface area contributed by atoms with Gasteiger partial charge in [0.1, 0.15) is 17.2 Å². The molecular formula is C15H21ClFNO. The average Bonchev–Trinajstić information content (AvgIpc) is 2.30. The number of hydrogen-bond acceptors (Lipinski definition) is 2. The molecule has 1 aromatic rings. The highest BCUT2D eigenvalue weighted by atomic mass is 35.5. The van der Waals surface area contributed by atoms with E-state index in [4.69, 9.17) is 16.3 Å². The SMILES string of the molecule is CC(C)NCCC1(Oc2ccc(F)c(Cl)c2)CCC1. The van der Waals surface area contributed by atoms with E-state index in [1.165, 1.54) is 12.5 Å². The molecule has 0 radical (unpaired) electrons. The Morgan fingerprint density at radius 1 is 1.42 bits per heavy atom. The molecule has 19 heavy (non-hydrogen) atoms. The summed E-state index contributed by atoms with van der Waals surface area (Å²) < 4.78 is 19.2. The molecule has 2 rings (SSSR count). The van der Waals surface area contributed by atoms with Crippen LogP contribution in [0.1, 0.15) is 39.5 Å². The summed E-state index contributed by atoms with van der Waals surface area (Å²) in [4.78, 5) is 0. The summed E-state index contributed by atoms with van der Waals surface area (Å²) in [7, 11) is 0. The largest absolute Gasteiger partial charge is 0.487 e. The molecule has 1 aliphatic rings. The molecule has 0 bridgehead atoms. The van der Waals surface area contributed by atoms with Crippen molar-refractivity contribution in [2.75, 3.05) is 6.54 Å². The van der Waals surface area contributed by atoms with Gasteiger partial charge in [-0.05, 0) is 44.4 Å². The first-order valence-electron chi connectivity index (χ1n) is 6.88. The molecule has 0 aromatic heterocycles. The van der Waals surface area contributed by atoms with Crippen molar-refractivity contribution in [2.24, 2.45) is 0 Å². The molecule has 1 N–H and O–H groups in total. The summed E-state index contributed by atoms with van der Waals surface area (Å²) in [5.74, 6) is 0.258. The predicted molar refractivity (Wildman–Crippen MR) is 76.4 cm³/mol. The lowest BCUT2D eigenvalue weighted by Gasteiger charge is -2.42. The number of ether oxygens (including phenoxy) is 1. The highest BCUT2D eigenvalue weighted by Crippen LogP contribution is 2.39. The highest BCUT2D eigenvalue weighted by molar-refractivity contribution is 6.30. The van der Waals surface area contributed by atoms with Gasteiger partial charge in [0.15, 0.2) is 0 Å². The smallest absolute Gasteiger partial charge is 0.142 e. The molecule has 0 aliphatic heterocycles. The lowest BCUT2D eigenvalue weighted by molar-refractivity contribution is -0.0145. The fourth-order valence-corrected chi connectivity index (χ4v) is 2.52. The molecule has 1 saturated carbocycles. The number of benzene rings is 1. The monoisotopic (exact) mass is 285 g/mol. The first-order valence-corrected chi connectivity index (χ1v) is 7.26. The summed E-state index contributed by atoms with van der Waals surface area (Å²) in [6, 6.07) is 5.05. The van der Waals surface area contributed by atoms with E-state index in [9.17, 15) is 4.39 Å². The molecule has 106 valence electrons. The van der Waals surface area contributed by atoms with Crippen LogP contribution in [0.4, 0.5) is 4.39 Å². The van der Waals surface area contributed by atoms with E-state index in [0.717, 1.165) is 25.8 Å². The molecule has 1 aliphatic carbocycles. The van der Waals surface area contributed by atoms with Crippen LogP contribution < -0.4 is 10.1 Å². The van der Waals surface area contributed by atoms with Crippen LogP contribution in [0.25, 0.3) is 0 Å². The topological polar surface area (TPSA) is 21.3 Å². The van der Waals surface area contributed by atoms with Crippen molar-refractivity contribution in [1.29, 1.82) is 0 Å². The van der Waals surface area contributed by atoms with Crippen LogP contribution in [0, 0.1) is 5.82 Å². The quantitative estimate of drug-likeness (QED) is 0.847. The van der Waals surface area contributed by atoms with Crippen molar-refractivity contribution in [3.63, 3.8) is 0 Å². The van der Waals surface area contributed by atoms with Crippen molar-refractivity contribution in [1.82, 2.24) is 5.32 Å². The minimum Gasteiger partial charge on any atom is -0.487 e. The minimum absolute atomic E-state index is 0.0942. The second-order valence-electron chi connectivity index (χ2n) is 5.57. The maximum atomic E-state index is 13.1. The first kappa shape index (κ1) is 14.6. The number of halogens is 2. The van der Waals surface area contributed by atoms with E-state index >= 15 is 0 Å². The Labute approximate surface area is 119 Å². The fourth-order valence-electron chi connectivity index (χ4n) is 2.35. The van der Waals surface area contributed by atoms with E-state index < -0.39 is 5.82 Å². The molecular weight excluding hydrogens is 265 g/mol. The van der Waals surface area contributed by atoms with Gasteiger partial charge in [0.05, 0.1) is 5.02 Å². The molecule has 0 saturated heterocycles. The van der Waals surface area contributed by atoms with Crippen molar-refractivity contribution < 1.29 is 9.13 Å². The molecule has 0 atom stereocenters. The van der Waals surface area contributed by atoms with Gasteiger partial charge in [-0.3, -0.25) is 0 Å². The van der Waals surface area contributed by atoms with Gasteiger partial charge < -0.3 is 10.1 Å². The molecule has 1 aromatic carbocycles. The van der Waals surface area contributed by atoms with Crippen molar-refractivity contribution in [3.05, 3.63) is 29.0 Å². The van der Waals surface area contributed by atoms with Crippen LogP contribution >= 0.6 is 11.6 Å². The van der Waals surface area contributed by atoms with Crippen molar-refractivity contribution >= 4 is 11.6 Å². The third-order valence-corrected chi connectivity index (χ3v) is 3.91. The highest BCUT2D eigenvalue weighted by Gasteiger charge is 2.38. The Hall–Kier alpha value is -0.800. The van der Waals surface area contributed by atoms with Crippen molar-refractivity contribution in [2.45, 2.75) is 51.2 Å². The number of nitrogens with one attached hydrogen (secondary N) is 1. The third kappa shape index (κ3) is 3.83. The van der Waals surface area contributed by atoms with Gasteiger partial charge in [0, 0.05) is 12.1 Å². The second kappa shape index (κ2) is 6.10. The molecule has 0 amide bonds. The number of rotatable bonds is 6. The predicted octanol–water partition coefficient (Wildman–Crippen LogP) is 4.17. The average molecular weight is 286 g/mol. The van der Waals surface area contributed by atoms with Crippen LogP contribution in [-0.4, -0.2) is 18.2 Å². The van der Waals surface area contributed by atoms with Gasteiger partial charge in [0.2, 0.25) is 0 Å². The van der Waals surface area contributed by atoms with Gasteiger partial charge >= 0.3 is 0 Å². The molecule has 0 spiro atoms. The molecule has 1 fully saturated rings. The molecule has 0 heterocycles. The fraction of sp³-hybridized carbons (Fsp3) is 0.600. The van der Waals surface area contributed by atoms with Gasteiger partial charge in [-0.1, -0.05) is 25.4 Å². The Balaban J connectivity index is 1.95. The van der Waals surface area contributed by atoms with Crippen LogP contribution in [0.3, 0.4) is 0 Å². The first-order chi connectivity index (χ1) is 9.01. The van der Waals surface area contributed by atoms with Crippen LogP contribution in [0.15, 0.2) is 18.2 Å². The summed E-state index contributed by atoms with van der Waals surface area (Å²) in [6.07, 6.45) is 4.28. The van der Waals surface area contributed by atoms with Crippen LogP contribution in [0.2, 0.25) is 5.02 Å². The van der Waals surface area contributed by atoms with E-state index in [1.807, 2.05) is 0 Å². The third-order valence-electron chi connectivity index (χ3n) is 3.62. The summed E-state index contributed by atoms with van der Waals surface area (Å²) in [6.45, 7) is 5.20. The van der Waals surface area contributed by atoms with Gasteiger partial charge in [-0.15, -0.1) is 0 Å². The normalized spacial score (nSPS) is 17.3. The Morgan fingerprint density at radius 3 is 2.68 bits per heavy atom. The van der Waals surface area contributed by atoms with E-state index in [2.05, 4.69) is 19.2 Å². The number of hydrogen-bond donors (Lipinski definition) is 1. The molecule has 4 heteroatoms. The maximum absolute atomic E-state index is 13.1. The standard InChI is InChI=1S/C15H21ClFNO/c1-11(2)18-9-8-15(6-3-7-15)19-12-4-5-14(17)13(16)10-12/h4-5,10-11,18H,3,6-9H2,1-2H3. The Bertz CT molecular complexity index is 432. The molecule has 0 unspecified atom stereocenters. The van der Waals surface area contributed by atoms with E-state index in [0.29, 0.717) is 11.8 Å². The maximum Gasteiger partial charge on any atom is 0.142 e. The summed E-state index contributed by atoms with van der Waals surface area (Å²) >= 11 is 5.78. The minimum atomic E-state index is -0.404. The van der Waals surface area contributed by atoms with Crippen molar-refractivity contribution in [3.8, 4) is 5.75 Å². The van der Waals surface area contributed by atoms with Crippen LogP contribution in [0.5, 0.6) is 5.75 Å². The Morgan fingerprint density at radius 2 is 2.16 bits per heavy atom. The van der Waals surface area contributed by atoms with E-state index in [1.54, 1.807) is 12.1 Å². The summed E-state index contributed by atoms with van der Waals surface area (Å²) in [5, 5.41) is 3.53. The van der Waals surface area contributed by atoms with Gasteiger partial charge in [-0.2, -0.15) is 0 Å². The van der Waals surface area contributed by atoms with Crippen LogP contribution in [-0.2, 0) is 0 Å². The zero-order valence-corrected chi connectivity index (χ0v) is 12.3. The lowest BCUT2D eigenvalue weighted by Crippen LogP contribution is -2.45. The lowest BCUT2D eigenvalue weighted by atomic mass is 9.77. The van der Waals surface area contributed by atoms with E-state index in [-0.39, 0.29) is 10.6 Å².